The van der Waals surface area contributed by atoms with Gasteiger partial charge in [-0.2, -0.15) is 0 Å². The van der Waals surface area contributed by atoms with Crippen molar-refractivity contribution < 1.29 is 28.6 Å². The van der Waals surface area contributed by atoms with Gasteiger partial charge in [-0.15, -0.1) is 0 Å². The van der Waals surface area contributed by atoms with Gasteiger partial charge in [0, 0.05) is 12.8 Å². The zero-order valence-corrected chi connectivity index (χ0v) is 52.0. The Morgan fingerprint density at radius 1 is 0.272 bits per heavy atom. The van der Waals surface area contributed by atoms with Crippen molar-refractivity contribution in [2.45, 2.75) is 271 Å². The van der Waals surface area contributed by atoms with Gasteiger partial charge in [-0.05, 0) is 135 Å². The fourth-order valence-electron chi connectivity index (χ4n) is 8.41. The van der Waals surface area contributed by atoms with Crippen LogP contribution in [0.5, 0.6) is 0 Å². The van der Waals surface area contributed by atoms with Crippen LogP contribution in [0.2, 0.25) is 0 Å². The van der Waals surface area contributed by atoms with Crippen molar-refractivity contribution in [1.29, 1.82) is 0 Å². The van der Waals surface area contributed by atoms with E-state index in [4.69, 9.17) is 14.2 Å². The van der Waals surface area contributed by atoms with E-state index in [2.05, 4.69) is 179 Å². The number of carbonyl (C=O) groups excluding carboxylic acids is 3. The molecule has 0 amide bonds. The average molecular weight is 1120 g/mol. The Morgan fingerprint density at radius 3 is 0.901 bits per heavy atom. The van der Waals surface area contributed by atoms with Crippen LogP contribution in [-0.4, -0.2) is 37.2 Å². The number of carbonyl (C=O) groups is 3. The number of hydrogen-bond acceptors (Lipinski definition) is 6. The Morgan fingerprint density at radius 2 is 0.531 bits per heavy atom. The first-order valence-corrected chi connectivity index (χ1v) is 32.6. The average Bonchev–Trinajstić information content (AvgIpc) is 3.47. The lowest BCUT2D eigenvalue weighted by Crippen LogP contribution is -2.30. The molecular weight excluding hydrogens is 997 g/mol. The Hall–Kier alpha value is -5.23. The van der Waals surface area contributed by atoms with Gasteiger partial charge in [-0.25, -0.2) is 0 Å². The van der Waals surface area contributed by atoms with Gasteiger partial charge in [0.05, 0.1) is 6.42 Å². The highest BCUT2D eigenvalue weighted by Gasteiger charge is 2.19. The Bertz CT molecular complexity index is 1860. The third-order valence-corrected chi connectivity index (χ3v) is 13.2. The second kappa shape index (κ2) is 67.3. The minimum atomic E-state index is -0.848. The fraction of sp³-hybridized carbons (Fsp3) is 0.587. The molecule has 0 rings (SSSR count). The predicted octanol–water partition coefficient (Wildman–Crippen LogP) is 22.7. The van der Waals surface area contributed by atoms with Crippen molar-refractivity contribution in [2.24, 2.45) is 0 Å². The van der Waals surface area contributed by atoms with E-state index < -0.39 is 12.1 Å². The first kappa shape index (κ1) is 75.8. The van der Waals surface area contributed by atoms with Crippen LogP contribution in [0.15, 0.2) is 170 Å². The van der Waals surface area contributed by atoms with Gasteiger partial charge >= 0.3 is 17.9 Å². The van der Waals surface area contributed by atoms with Crippen LogP contribution >= 0.6 is 0 Å². The molecule has 0 spiro atoms. The molecule has 454 valence electrons. The predicted molar refractivity (Wildman–Crippen MR) is 352 cm³/mol. The summed E-state index contributed by atoms with van der Waals surface area (Å²) in [6.07, 6.45) is 99.6. The number of unbranched alkanes of at least 4 members (excludes halogenated alkanes) is 19. The van der Waals surface area contributed by atoms with Crippen molar-refractivity contribution >= 4 is 17.9 Å². The second-order valence-corrected chi connectivity index (χ2v) is 20.9. The van der Waals surface area contributed by atoms with Crippen molar-refractivity contribution in [3.05, 3.63) is 170 Å². The van der Waals surface area contributed by atoms with Gasteiger partial charge in [0.15, 0.2) is 6.10 Å². The Kier molecular flexibility index (Phi) is 62.9. The lowest BCUT2D eigenvalue weighted by molar-refractivity contribution is -0.166. The van der Waals surface area contributed by atoms with Crippen molar-refractivity contribution in [3.63, 3.8) is 0 Å². The quantitative estimate of drug-likeness (QED) is 0.0261. The number of esters is 3. The lowest BCUT2D eigenvalue weighted by Gasteiger charge is -2.18. The van der Waals surface area contributed by atoms with Gasteiger partial charge in [0.25, 0.3) is 0 Å². The molecule has 0 saturated heterocycles. The molecule has 0 bridgehead atoms. The summed E-state index contributed by atoms with van der Waals surface area (Å²) in [6, 6.07) is 0. The topological polar surface area (TPSA) is 78.9 Å². The van der Waals surface area contributed by atoms with E-state index in [9.17, 15) is 14.4 Å². The molecule has 0 heterocycles. The molecule has 81 heavy (non-hydrogen) atoms. The van der Waals surface area contributed by atoms with E-state index in [1.54, 1.807) is 6.08 Å². The molecule has 0 aromatic carbocycles. The summed E-state index contributed by atoms with van der Waals surface area (Å²) in [5, 5.41) is 0. The third-order valence-electron chi connectivity index (χ3n) is 13.2. The maximum atomic E-state index is 12.9. The highest BCUT2D eigenvalue weighted by molar-refractivity contribution is 5.72. The van der Waals surface area contributed by atoms with Crippen LogP contribution in [0.1, 0.15) is 265 Å². The van der Waals surface area contributed by atoms with Gasteiger partial charge in [-0.1, -0.05) is 281 Å². The zero-order chi connectivity index (χ0) is 58.5. The van der Waals surface area contributed by atoms with Crippen molar-refractivity contribution in [3.8, 4) is 0 Å². The van der Waals surface area contributed by atoms with Gasteiger partial charge in [0.1, 0.15) is 13.2 Å². The monoisotopic (exact) mass is 1110 g/mol. The summed E-state index contributed by atoms with van der Waals surface area (Å²) in [4.78, 5) is 38.3. The van der Waals surface area contributed by atoms with Gasteiger partial charge in [-0.3, -0.25) is 14.4 Å². The maximum absolute atomic E-state index is 12.9. The van der Waals surface area contributed by atoms with E-state index in [1.807, 2.05) is 6.08 Å². The minimum Gasteiger partial charge on any atom is -0.462 e. The molecule has 0 radical (unpaired) electrons. The number of allylic oxidation sites excluding steroid dienone is 27. The van der Waals surface area contributed by atoms with Crippen LogP contribution in [-0.2, 0) is 28.6 Å². The summed E-state index contributed by atoms with van der Waals surface area (Å²) < 4.78 is 16.8. The molecule has 0 aliphatic heterocycles. The molecule has 1 atom stereocenters. The first-order valence-electron chi connectivity index (χ1n) is 32.6. The van der Waals surface area contributed by atoms with Crippen LogP contribution in [0.3, 0.4) is 0 Å². The summed E-state index contributed by atoms with van der Waals surface area (Å²) in [6.45, 7) is 6.29. The number of rotatable bonds is 57. The Balaban J connectivity index is 4.54. The first-order chi connectivity index (χ1) is 40.0. The molecule has 0 saturated carbocycles. The Labute approximate surface area is 498 Å². The molecule has 6 heteroatoms. The molecule has 0 aromatic rings. The molecule has 0 N–H and O–H groups in total. The van der Waals surface area contributed by atoms with E-state index in [-0.39, 0.29) is 44.4 Å². The van der Waals surface area contributed by atoms with Crippen LogP contribution in [0.4, 0.5) is 0 Å². The SMILES string of the molecule is CC/C=C\C/C=C\C/C=C\C/C=C\C/C=C\C/C=C\C/C=C\C/C=C\CCCCC(=O)OCC(COC(=O)C/C=C\C/C=C\C/C=C\C/C=C\C/C=C\CC)OC(=O)CCCCCCCCCCC/C=C\CCCCCCCCCC. The molecular formula is C75H118O6. The minimum absolute atomic E-state index is 0.111. The van der Waals surface area contributed by atoms with Crippen molar-refractivity contribution in [1.82, 2.24) is 0 Å². The largest absolute Gasteiger partial charge is 0.462 e. The summed E-state index contributed by atoms with van der Waals surface area (Å²) in [5.41, 5.74) is 0. The van der Waals surface area contributed by atoms with Gasteiger partial charge < -0.3 is 14.2 Å². The van der Waals surface area contributed by atoms with Gasteiger partial charge in [0.2, 0.25) is 0 Å². The normalized spacial score (nSPS) is 13.3. The summed E-state index contributed by atoms with van der Waals surface area (Å²) in [7, 11) is 0. The highest BCUT2D eigenvalue weighted by atomic mass is 16.6. The van der Waals surface area contributed by atoms with Crippen LogP contribution in [0.25, 0.3) is 0 Å². The van der Waals surface area contributed by atoms with E-state index in [0.717, 1.165) is 116 Å². The molecule has 0 aliphatic rings. The summed E-state index contributed by atoms with van der Waals surface area (Å²) >= 11 is 0. The maximum Gasteiger partial charge on any atom is 0.309 e. The third kappa shape index (κ3) is 65.5. The number of hydrogen-bond donors (Lipinski definition) is 0. The molecule has 0 fully saturated rings. The van der Waals surface area contributed by atoms with Crippen LogP contribution in [0, 0.1) is 0 Å². The fourth-order valence-corrected chi connectivity index (χ4v) is 8.41. The summed E-state index contributed by atoms with van der Waals surface area (Å²) in [5.74, 6) is -1.12. The molecule has 0 aliphatic carbocycles. The van der Waals surface area contributed by atoms with E-state index in [0.29, 0.717) is 6.42 Å². The smallest absolute Gasteiger partial charge is 0.309 e. The molecule has 1 unspecified atom stereocenters. The molecule has 6 nitrogen and oxygen atoms in total. The van der Waals surface area contributed by atoms with E-state index >= 15 is 0 Å². The highest BCUT2D eigenvalue weighted by Crippen LogP contribution is 2.14. The second-order valence-electron chi connectivity index (χ2n) is 20.9. The van der Waals surface area contributed by atoms with E-state index in [1.165, 1.54) is 103 Å². The molecule has 0 aromatic heterocycles. The van der Waals surface area contributed by atoms with Crippen LogP contribution < -0.4 is 0 Å². The van der Waals surface area contributed by atoms with Crippen molar-refractivity contribution in [2.75, 3.05) is 13.2 Å². The number of ether oxygens (including phenoxy) is 3. The zero-order valence-electron chi connectivity index (χ0n) is 52.0. The standard InChI is InChI=1S/C75H118O6/c1-4-7-10-13-16-19-22-25-28-30-32-34-35-36-37-38-39-41-42-44-47-50-53-56-59-62-65-68-74(77)80-71-72(70-79-73(76)67-64-61-58-55-52-49-46-27-24-21-18-15-12-9-6-3)81-75(78)69-66-63-60-57-54-51-48-45-43-40-33-31-29-26-23-20-17-14-11-8-5-2/h7,9-10,12,16,18-19,21,25,27-28,31-34,36-37,39,41,44,46-47,52-53,55-56,61,64,72H,4-6,8,11,13-15,17,20,22-24,26,29-30,35,38,40,42-43,45,48-51,54,57-60,62-63,65-71H2,1-3H3/b10-7-,12-9-,19-16-,21-18-,28-25-,33-31-,34-32-,37-36-,41-39-,46-27-,47-44-,55-52-,56-53-,64-61-. The lowest BCUT2D eigenvalue weighted by atomic mass is 10.1.